The molecule has 4 rings (SSSR count). The van der Waals surface area contributed by atoms with Gasteiger partial charge in [-0.05, 0) is 53.3 Å². The molecule has 2 atom stereocenters. The number of anilines is 1. The van der Waals surface area contributed by atoms with Gasteiger partial charge in [0.15, 0.2) is 11.5 Å². The largest absolute Gasteiger partial charge is 0.454 e. The number of fused-ring (bicyclic) bond motifs is 1. The van der Waals surface area contributed by atoms with Crippen LogP contribution in [-0.2, 0) is 6.42 Å². The summed E-state index contributed by atoms with van der Waals surface area (Å²) in [6, 6.07) is 8.61. The third-order valence-electron chi connectivity index (χ3n) is 4.40. The first-order valence-corrected chi connectivity index (χ1v) is 8.63. The molecule has 1 aromatic carbocycles. The van der Waals surface area contributed by atoms with E-state index in [2.05, 4.69) is 33.9 Å². The van der Waals surface area contributed by atoms with Gasteiger partial charge in [0, 0.05) is 30.9 Å². The molecule has 3 heterocycles. The quantitative estimate of drug-likeness (QED) is 0.946. The van der Waals surface area contributed by atoms with Gasteiger partial charge in [-0.2, -0.15) is 11.3 Å². The van der Waals surface area contributed by atoms with Crippen molar-refractivity contribution in [2.45, 2.75) is 18.9 Å². The lowest BCUT2D eigenvalue weighted by molar-refractivity contribution is 0.174. The van der Waals surface area contributed by atoms with Crippen molar-refractivity contribution in [1.29, 1.82) is 0 Å². The highest BCUT2D eigenvalue weighted by atomic mass is 32.1. The summed E-state index contributed by atoms with van der Waals surface area (Å²) in [6.45, 7) is 2.27. The van der Waals surface area contributed by atoms with Crippen LogP contribution in [0.5, 0.6) is 11.5 Å². The predicted octanol–water partition coefficient (Wildman–Crippen LogP) is 2.87. The van der Waals surface area contributed by atoms with E-state index in [1.807, 2.05) is 6.07 Å². The van der Waals surface area contributed by atoms with Crippen LogP contribution in [0.3, 0.4) is 0 Å². The molecule has 1 saturated heterocycles. The lowest BCUT2D eigenvalue weighted by atomic mass is 9.89. The van der Waals surface area contributed by atoms with Gasteiger partial charge in [-0.3, -0.25) is 0 Å². The number of ether oxygens (including phenoxy) is 2. The number of piperidine rings is 1. The summed E-state index contributed by atoms with van der Waals surface area (Å²) in [5, 5.41) is 4.39. The lowest BCUT2D eigenvalue weighted by Gasteiger charge is -2.38. The van der Waals surface area contributed by atoms with Crippen LogP contribution in [0.15, 0.2) is 35.0 Å². The molecular formula is C17H20N2O2S. The molecular weight excluding hydrogens is 296 g/mol. The molecule has 22 heavy (non-hydrogen) atoms. The zero-order valence-corrected chi connectivity index (χ0v) is 13.2. The first kappa shape index (κ1) is 13.9. The van der Waals surface area contributed by atoms with Crippen LogP contribution < -0.4 is 20.1 Å². The van der Waals surface area contributed by atoms with E-state index in [4.69, 9.17) is 15.2 Å². The maximum absolute atomic E-state index is 6.30. The monoisotopic (exact) mass is 316 g/mol. The normalized spacial score (nSPS) is 23.8. The maximum atomic E-state index is 6.30. The van der Waals surface area contributed by atoms with Crippen LogP contribution in [0.4, 0.5) is 5.69 Å². The molecule has 2 aromatic rings. The second-order valence-electron chi connectivity index (χ2n) is 6.14. The molecule has 1 fully saturated rings. The van der Waals surface area contributed by atoms with Gasteiger partial charge >= 0.3 is 0 Å². The summed E-state index contributed by atoms with van der Waals surface area (Å²) >= 11 is 1.76. The van der Waals surface area contributed by atoms with E-state index in [-0.39, 0.29) is 6.04 Å². The summed E-state index contributed by atoms with van der Waals surface area (Å²) in [7, 11) is 0. The number of benzene rings is 1. The Balaban J connectivity index is 1.51. The highest BCUT2D eigenvalue weighted by Gasteiger charge is 2.26. The van der Waals surface area contributed by atoms with E-state index >= 15 is 0 Å². The first-order chi connectivity index (χ1) is 10.8. The van der Waals surface area contributed by atoms with E-state index in [1.54, 1.807) is 11.3 Å². The van der Waals surface area contributed by atoms with E-state index in [0.717, 1.165) is 37.4 Å². The van der Waals surface area contributed by atoms with Crippen molar-refractivity contribution < 1.29 is 9.47 Å². The molecule has 2 aliphatic heterocycles. The van der Waals surface area contributed by atoms with E-state index in [0.29, 0.717) is 12.7 Å². The average Bonchev–Trinajstić information content (AvgIpc) is 3.16. The van der Waals surface area contributed by atoms with Crippen molar-refractivity contribution in [1.82, 2.24) is 0 Å². The second kappa shape index (κ2) is 5.82. The summed E-state index contributed by atoms with van der Waals surface area (Å²) < 4.78 is 10.9. The molecule has 0 radical (unpaired) electrons. The van der Waals surface area contributed by atoms with Crippen LogP contribution in [0, 0.1) is 5.92 Å². The number of rotatable bonds is 3. The Morgan fingerprint density at radius 2 is 2.09 bits per heavy atom. The maximum Gasteiger partial charge on any atom is 0.231 e. The van der Waals surface area contributed by atoms with Crippen molar-refractivity contribution in [3.05, 3.63) is 40.6 Å². The van der Waals surface area contributed by atoms with Crippen LogP contribution in [0.2, 0.25) is 0 Å². The Labute approximate surface area is 134 Å². The number of nitrogens with two attached hydrogens (primary N) is 1. The molecule has 0 spiro atoms. The third-order valence-corrected chi connectivity index (χ3v) is 5.13. The molecule has 4 nitrogen and oxygen atoms in total. The van der Waals surface area contributed by atoms with Gasteiger partial charge in [0.1, 0.15) is 0 Å². The van der Waals surface area contributed by atoms with Crippen LogP contribution in [0.1, 0.15) is 12.0 Å². The molecule has 116 valence electrons. The second-order valence-corrected chi connectivity index (χ2v) is 6.92. The standard InChI is InChI=1S/C17H20N2O2S/c18-14-6-13(5-12-3-4-22-10-12)8-19(9-14)15-1-2-16-17(7-15)21-11-20-16/h1-4,7,10,13-14H,5-6,8-9,11,18H2. The van der Waals surface area contributed by atoms with Gasteiger partial charge in [0.2, 0.25) is 6.79 Å². The summed E-state index contributed by atoms with van der Waals surface area (Å²) in [5.41, 5.74) is 8.90. The summed E-state index contributed by atoms with van der Waals surface area (Å²) in [4.78, 5) is 2.38. The van der Waals surface area contributed by atoms with Gasteiger partial charge in [-0.15, -0.1) is 0 Å². The highest BCUT2D eigenvalue weighted by Crippen LogP contribution is 2.36. The Kier molecular flexibility index (Phi) is 3.68. The minimum atomic E-state index is 0.225. The molecule has 2 unspecified atom stereocenters. The number of thiophene rings is 1. The Morgan fingerprint density at radius 1 is 1.18 bits per heavy atom. The third kappa shape index (κ3) is 2.78. The smallest absolute Gasteiger partial charge is 0.231 e. The zero-order valence-electron chi connectivity index (χ0n) is 12.4. The fourth-order valence-corrected chi connectivity index (χ4v) is 4.11. The van der Waals surface area contributed by atoms with E-state index < -0.39 is 0 Å². The molecule has 5 heteroatoms. The topological polar surface area (TPSA) is 47.7 Å². The molecule has 2 N–H and O–H groups in total. The van der Waals surface area contributed by atoms with Crippen molar-refractivity contribution in [3.63, 3.8) is 0 Å². The molecule has 2 aliphatic rings. The van der Waals surface area contributed by atoms with Gasteiger partial charge < -0.3 is 20.1 Å². The van der Waals surface area contributed by atoms with E-state index in [9.17, 15) is 0 Å². The summed E-state index contributed by atoms with van der Waals surface area (Å²) in [5.74, 6) is 2.27. The molecule has 0 amide bonds. The molecule has 0 saturated carbocycles. The molecule has 0 bridgehead atoms. The fraction of sp³-hybridized carbons (Fsp3) is 0.412. The predicted molar refractivity (Wildman–Crippen MR) is 88.9 cm³/mol. The Bertz CT molecular complexity index is 644. The fourth-order valence-electron chi connectivity index (χ4n) is 3.43. The highest BCUT2D eigenvalue weighted by molar-refractivity contribution is 7.07. The number of hydrogen-bond donors (Lipinski definition) is 1. The Morgan fingerprint density at radius 3 is 2.95 bits per heavy atom. The van der Waals surface area contributed by atoms with Gasteiger partial charge in [0.05, 0.1) is 0 Å². The minimum Gasteiger partial charge on any atom is -0.454 e. The van der Waals surface area contributed by atoms with Gasteiger partial charge in [-0.1, -0.05) is 0 Å². The van der Waals surface area contributed by atoms with Crippen LogP contribution in [-0.4, -0.2) is 25.9 Å². The van der Waals surface area contributed by atoms with Gasteiger partial charge in [0.25, 0.3) is 0 Å². The van der Waals surface area contributed by atoms with Crippen molar-refractivity contribution in [2.24, 2.45) is 11.7 Å². The summed E-state index contributed by atoms with van der Waals surface area (Å²) in [6.07, 6.45) is 2.20. The van der Waals surface area contributed by atoms with Crippen molar-refractivity contribution in [3.8, 4) is 11.5 Å². The van der Waals surface area contributed by atoms with Crippen LogP contribution in [0.25, 0.3) is 0 Å². The van der Waals surface area contributed by atoms with Crippen LogP contribution >= 0.6 is 11.3 Å². The molecule has 0 aliphatic carbocycles. The SMILES string of the molecule is NC1CC(Cc2ccsc2)CN(c2ccc3c(c2)OCO3)C1. The van der Waals surface area contributed by atoms with Gasteiger partial charge in [-0.25, -0.2) is 0 Å². The Hall–Kier alpha value is -1.72. The minimum absolute atomic E-state index is 0.225. The average molecular weight is 316 g/mol. The molecule has 1 aromatic heterocycles. The number of hydrogen-bond acceptors (Lipinski definition) is 5. The van der Waals surface area contributed by atoms with Crippen molar-refractivity contribution >= 4 is 17.0 Å². The van der Waals surface area contributed by atoms with E-state index in [1.165, 1.54) is 11.3 Å². The number of nitrogens with zero attached hydrogens (tertiary/aromatic N) is 1. The zero-order chi connectivity index (χ0) is 14.9. The first-order valence-electron chi connectivity index (χ1n) is 7.69. The lowest BCUT2D eigenvalue weighted by Crippen LogP contribution is -2.47. The van der Waals surface area contributed by atoms with Crippen molar-refractivity contribution in [2.75, 3.05) is 24.8 Å².